The number of hydrogen-bond donors (Lipinski definition) is 1. The lowest BCUT2D eigenvalue weighted by Crippen LogP contribution is -2.61. The molecule has 0 radical (unpaired) electrons. The molecular formula is C26H41N3O3. The summed E-state index contributed by atoms with van der Waals surface area (Å²) < 4.78 is 11.5. The van der Waals surface area contributed by atoms with Crippen LogP contribution in [0.5, 0.6) is 5.75 Å². The first-order chi connectivity index (χ1) is 15.5. The number of likely N-dealkylation sites (tertiary alicyclic amines) is 1. The third kappa shape index (κ3) is 5.13. The van der Waals surface area contributed by atoms with Crippen molar-refractivity contribution in [3.05, 3.63) is 29.3 Å². The Balaban J connectivity index is 1.35. The summed E-state index contributed by atoms with van der Waals surface area (Å²) in [6.45, 7) is 14.3. The summed E-state index contributed by atoms with van der Waals surface area (Å²) in [5.74, 6) is 1.58. The zero-order valence-electron chi connectivity index (χ0n) is 20.2. The van der Waals surface area contributed by atoms with Crippen LogP contribution in [0.3, 0.4) is 0 Å². The van der Waals surface area contributed by atoms with Crippen LogP contribution in [0.4, 0.5) is 0 Å². The number of carbonyl (C=O) groups excluding carboxylic acids is 1. The minimum Gasteiger partial charge on any atom is -0.492 e. The fraction of sp³-hybridized carbons (Fsp3) is 0.731. The zero-order chi connectivity index (χ0) is 22.6. The molecule has 0 aromatic heterocycles. The van der Waals surface area contributed by atoms with Gasteiger partial charge in [-0.3, -0.25) is 9.69 Å². The molecule has 2 saturated heterocycles. The first-order valence-electron chi connectivity index (χ1n) is 12.5. The molecule has 1 aliphatic carbocycles. The van der Waals surface area contributed by atoms with Gasteiger partial charge in [0, 0.05) is 25.7 Å². The minimum atomic E-state index is -0.252. The van der Waals surface area contributed by atoms with Crippen LogP contribution >= 0.6 is 0 Å². The summed E-state index contributed by atoms with van der Waals surface area (Å²) in [5.41, 5.74) is 2.24. The molecule has 3 atom stereocenters. The number of benzene rings is 1. The molecule has 2 aliphatic heterocycles. The van der Waals surface area contributed by atoms with Crippen LogP contribution in [-0.2, 0) is 9.53 Å². The van der Waals surface area contributed by atoms with Crippen molar-refractivity contribution in [2.45, 2.75) is 52.5 Å². The van der Waals surface area contributed by atoms with Gasteiger partial charge in [-0.05, 0) is 81.8 Å². The summed E-state index contributed by atoms with van der Waals surface area (Å²) in [6.07, 6.45) is 4.37. The Morgan fingerprint density at radius 1 is 1.19 bits per heavy atom. The van der Waals surface area contributed by atoms with Crippen LogP contribution in [0.15, 0.2) is 18.2 Å². The van der Waals surface area contributed by atoms with Crippen LogP contribution < -0.4 is 10.1 Å². The Morgan fingerprint density at radius 2 is 2.00 bits per heavy atom. The van der Waals surface area contributed by atoms with E-state index in [0.717, 1.165) is 77.4 Å². The number of rotatable bonds is 7. The maximum absolute atomic E-state index is 13.6. The molecule has 0 unspecified atom stereocenters. The predicted octanol–water partition coefficient (Wildman–Crippen LogP) is 3.01. The number of ether oxygens (including phenoxy) is 2. The Hall–Kier alpha value is -1.63. The average molecular weight is 444 g/mol. The quantitative estimate of drug-likeness (QED) is 0.657. The molecule has 1 aromatic rings. The molecule has 2 heterocycles. The second kappa shape index (κ2) is 10.5. The SMILES string of the molecule is CCN1CC[C@@H]2C[C@@H](N3CCOCC3)CC[C@@]2(C(=O)NCCOc2ccc(C)c(C)c2)C1. The predicted molar refractivity (Wildman–Crippen MR) is 127 cm³/mol. The zero-order valence-corrected chi connectivity index (χ0v) is 20.2. The van der Waals surface area contributed by atoms with Crippen LogP contribution in [0.2, 0.25) is 0 Å². The molecule has 0 bridgehead atoms. The van der Waals surface area contributed by atoms with Gasteiger partial charge in [0.25, 0.3) is 0 Å². The van der Waals surface area contributed by atoms with Gasteiger partial charge in [-0.1, -0.05) is 13.0 Å². The van der Waals surface area contributed by atoms with E-state index in [1.165, 1.54) is 11.1 Å². The number of hydrogen-bond acceptors (Lipinski definition) is 5. The first kappa shape index (κ1) is 23.5. The van der Waals surface area contributed by atoms with Crippen LogP contribution in [-0.4, -0.2) is 80.8 Å². The molecular weight excluding hydrogens is 402 g/mol. The third-order valence-corrected chi connectivity index (χ3v) is 8.16. The molecule has 32 heavy (non-hydrogen) atoms. The molecule has 1 N–H and O–H groups in total. The smallest absolute Gasteiger partial charge is 0.227 e. The van der Waals surface area contributed by atoms with Crippen molar-refractivity contribution in [1.29, 1.82) is 0 Å². The van der Waals surface area contributed by atoms with Crippen molar-refractivity contribution in [2.75, 3.05) is 59.1 Å². The summed E-state index contributed by atoms with van der Waals surface area (Å²) in [5, 5.41) is 3.25. The highest BCUT2D eigenvalue weighted by Gasteiger charge is 2.52. The fourth-order valence-electron chi connectivity index (χ4n) is 5.95. The largest absolute Gasteiger partial charge is 0.492 e. The van der Waals surface area contributed by atoms with Crippen molar-refractivity contribution in [2.24, 2.45) is 11.3 Å². The number of piperidine rings is 1. The molecule has 3 aliphatic rings. The molecule has 1 amide bonds. The highest BCUT2D eigenvalue weighted by molar-refractivity contribution is 5.83. The Kier molecular flexibility index (Phi) is 7.74. The minimum absolute atomic E-state index is 0.241. The molecule has 178 valence electrons. The van der Waals surface area contributed by atoms with Crippen molar-refractivity contribution in [3.63, 3.8) is 0 Å². The number of fused-ring (bicyclic) bond motifs is 1. The number of carbonyl (C=O) groups is 1. The lowest BCUT2D eigenvalue weighted by Gasteiger charge is -2.53. The molecule has 3 fully saturated rings. The molecule has 6 nitrogen and oxygen atoms in total. The summed E-state index contributed by atoms with van der Waals surface area (Å²) >= 11 is 0. The monoisotopic (exact) mass is 443 g/mol. The topological polar surface area (TPSA) is 54.0 Å². The number of amides is 1. The van der Waals surface area contributed by atoms with E-state index in [4.69, 9.17) is 9.47 Å². The van der Waals surface area contributed by atoms with Gasteiger partial charge < -0.3 is 19.7 Å². The van der Waals surface area contributed by atoms with E-state index in [1.807, 2.05) is 6.07 Å². The highest BCUT2D eigenvalue weighted by Crippen LogP contribution is 2.47. The van der Waals surface area contributed by atoms with Crippen molar-refractivity contribution in [3.8, 4) is 5.75 Å². The van der Waals surface area contributed by atoms with Gasteiger partial charge in [-0.25, -0.2) is 0 Å². The summed E-state index contributed by atoms with van der Waals surface area (Å²) in [6, 6.07) is 6.76. The van der Waals surface area contributed by atoms with Gasteiger partial charge >= 0.3 is 0 Å². The van der Waals surface area contributed by atoms with E-state index in [1.54, 1.807) is 0 Å². The van der Waals surface area contributed by atoms with E-state index in [2.05, 4.69) is 48.0 Å². The van der Waals surface area contributed by atoms with E-state index < -0.39 is 0 Å². The van der Waals surface area contributed by atoms with E-state index in [0.29, 0.717) is 25.1 Å². The second-order valence-electron chi connectivity index (χ2n) is 9.94. The highest BCUT2D eigenvalue weighted by atomic mass is 16.5. The van der Waals surface area contributed by atoms with E-state index in [-0.39, 0.29) is 11.3 Å². The van der Waals surface area contributed by atoms with Crippen LogP contribution in [0, 0.1) is 25.2 Å². The van der Waals surface area contributed by atoms with E-state index in [9.17, 15) is 4.79 Å². The molecule has 4 rings (SSSR count). The number of morpholine rings is 1. The van der Waals surface area contributed by atoms with Crippen molar-refractivity contribution in [1.82, 2.24) is 15.1 Å². The van der Waals surface area contributed by atoms with E-state index >= 15 is 0 Å². The Labute approximate surface area is 193 Å². The van der Waals surface area contributed by atoms with Crippen molar-refractivity contribution < 1.29 is 14.3 Å². The van der Waals surface area contributed by atoms with Gasteiger partial charge in [0.05, 0.1) is 25.2 Å². The van der Waals surface area contributed by atoms with Gasteiger partial charge in [-0.15, -0.1) is 0 Å². The van der Waals surface area contributed by atoms with Gasteiger partial charge in [0.15, 0.2) is 0 Å². The maximum atomic E-state index is 13.6. The van der Waals surface area contributed by atoms with Crippen molar-refractivity contribution >= 4 is 5.91 Å². The number of aryl methyl sites for hydroxylation is 2. The lowest BCUT2D eigenvalue weighted by atomic mass is 9.61. The van der Waals surface area contributed by atoms with Gasteiger partial charge in [0.1, 0.15) is 12.4 Å². The summed E-state index contributed by atoms with van der Waals surface area (Å²) in [7, 11) is 0. The third-order valence-electron chi connectivity index (χ3n) is 8.16. The number of nitrogens with one attached hydrogen (secondary N) is 1. The Morgan fingerprint density at radius 3 is 2.75 bits per heavy atom. The standard InChI is InChI=1S/C26H41N3O3/c1-4-28-11-8-22-18-23(29-12-15-31-16-13-29)7-9-26(22,19-28)25(30)27-10-14-32-24-6-5-20(2)21(3)17-24/h5-6,17,22-23H,4,7-16,18-19H2,1-3H3,(H,27,30)/t22-,23+,26-/m1/s1. The molecule has 0 spiro atoms. The Bertz CT molecular complexity index is 780. The molecule has 1 saturated carbocycles. The van der Waals surface area contributed by atoms with Gasteiger partial charge in [-0.2, -0.15) is 0 Å². The lowest BCUT2D eigenvalue weighted by molar-refractivity contribution is -0.145. The van der Waals surface area contributed by atoms with Gasteiger partial charge in [0.2, 0.25) is 5.91 Å². The molecule has 1 aromatic carbocycles. The van der Waals surface area contributed by atoms with Crippen LogP contribution in [0.25, 0.3) is 0 Å². The first-order valence-corrected chi connectivity index (χ1v) is 12.5. The maximum Gasteiger partial charge on any atom is 0.227 e. The average Bonchev–Trinajstić information content (AvgIpc) is 2.83. The second-order valence-corrected chi connectivity index (χ2v) is 9.94. The number of nitrogens with zero attached hydrogens (tertiary/aromatic N) is 2. The normalized spacial score (nSPS) is 29.3. The molecule has 6 heteroatoms. The summed E-state index contributed by atoms with van der Waals surface area (Å²) in [4.78, 5) is 18.7. The van der Waals surface area contributed by atoms with Crippen LogP contribution in [0.1, 0.15) is 43.7 Å². The fourth-order valence-corrected chi connectivity index (χ4v) is 5.95.